The van der Waals surface area contributed by atoms with Crippen LogP contribution >= 0.6 is 27.5 Å². The van der Waals surface area contributed by atoms with Gasteiger partial charge in [-0.3, -0.25) is 9.59 Å². The highest BCUT2D eigenvalue weighted by atomic mass is 79.9. The minimum atomic E-state index is -0.925. The lowest BCUT2D eigenvalue weighted by atomic mass is 10.0. The number of benzene rings is 2. The first kappa shape index (κ1) is 23.1. The van der Waals surface area contributed by atoms with Gasteiger partial charge in [-0.1, -0.05) is 33.6 Å². The van der Waals surface area contributed by atoms with Crippen molar-refractivity contribution < 1.29 is 19.1 Å². The molecule has 3 aliphatic rings. The number of carbonyl (C=O) groups excluding carboxylic acids is 2. The van der Waals surface area contributed by atoms with E-state index in [1.54, 1.807) is 48.6 Å². The number of halogens is 2. The molecule has 2 aromatic rings. The lowest BCUT2D eigenvalue weighted by molar-refractivity contribution is -0.123. The van der Waals surface area contributed by atoms with E-state index in [9.17, 15) is 14.9 Å². The summed E-state index contributed by atoms with van der Waals surface area (Å²) in [6, 6.07) is 11.6. The summed E-state index contributed by atoms with van der Waals surface area (Å²) < 4.78 is 12.2. The van der Waals surface area contributed by atoms with Gasteiger partial charge in [-0.2, -0.15) is 5.26 Å². The number of nitrogens with zero attached hydrogens (tertiary/aromatic N) is 1. The van der Waals surface area contributed by atoms with Crippen LogP contribution in [0.3, 0.4) is 0 Å². The number of amides is 2. The molecule has 33 heavy (non-hydrogen) atoms. The van der Waals surface area contributed by atoms with Crippen LogP contribution in [0.15, 0.2) is 53.0 Å². The molecular weight excluding hydrogens is 510 g/mol. The molecule has 7 nitrogen and oxygen atoms in total. The fourth-order valence-corrected chi connectivity index (χ4v) is 4.02. The first-order valence-electron chi connectivity index (χ1n) is 10.4. The molecule has 5 rings (SSSR count). The lowest BCUT2D eigenvalue weighted by Gasteiger charge is -2.21. The zero-order valence-corrected chi connectivity index (χ0v) is 19.9. The fourth-order valence-electron chi connectivity index (χ4n) is 3.40. The second kappa shape index (κ2) is 9.86. The highest BCUT2D eigenvalue weighted by Crippen LogP contribution is 2.34. The molecule has 1 fully saturated rings. The topological polar surface area (TPSA) is 100 Å². The van der Waals surface area contributed by atoms with E-state index in [4.69, 9.17) is 21.1 Å². The van der Waals surface area contributed by atoms with Gasteiger partial charge >= 0.3 is 0 Å². The van der Waals surface area contributed by atoms with Crippen molar-refractivity contribution in [2.75, 3.05) is 13.2 Å². The van der Waals surface area contributed by atoms with Crippen LogP contribution in [0, 0.1) is 11.3 Å². The Hall–Kier alpha value is -3.02. The van der Waals surface area contributed by atoms with Gasteiger partial charge in [0.05, 0.1) is 16.7 Å². The molecule has 1 unspecified atom stereocenters. The summed E-state index contributed by atoms with van der Waals surface area (Å²) in [5.41, 5.74) is 0.166. The van der Waals surface area contributed by atoms with Gasteiger partial charge in [0.1, 0.15) is 36.3 Å². The Balaban J connectivity index is 1.67. The monoisotopic (exact) mass is 529 g/mol. The quantitative estimate of drug-likeness (QED) is 0.573. The Morgan fingerprint density at radius 3 is 2.52 bits per heavy atom. The SMILES string of the molecule is N#CC1(NC(=O)C2Cc3ccc(c(Cl)c3)OCC=CCOc3ccc(Br)cc3C(=O)N2)CC1. The maximum Gasteiger partial charge on any atom is 0.255 e. The average molecular weight is 531 g/mol. The van der Waals surface area contributed by atoms with E-state index in [0.29, 0.717) is 40.4 Å². The number of hydrogen-bond acceptors (Lipinski definition) is 5. The number of hydrogen-bond donors (Lipinski definition) is 2. The molecule has 1 saturated carbocycles. The molecule has 2 heterocycles. The Bertz CT molecular complexity index is 1160. The smallest absolute Gasteiger partial charge is 0.255 e. The summed E-state index contributed by atoms with van der Waals surface area (Å²) in [6.45, 7) is 0.532. The molecule has 2 amide bonds. The predicted molar refractivity (Wildman–Crippen MR) is 126 cm³/mol. The molecule has 2 aromatic carbocycles. The van der Waals surface area contributed by atoms with Crippen molar-refractivity contribution >= 4 is 39.3 Å². The van der Waals surface area contributed by atoms with Crippen LogP contribution in [0.5, 0.6) is 11.5 Å². The van der Waals surface area contributed by atoms with E-state index >= 15 is 0 Å². The van der Waals surface area contributed by atoms with Crippen LogP contribution in [0.1, 0.15) is 28.8 Å². The molecule has 0 spiro atoms. The average Bonchev–Trinajstić information content (AvgIpc) is 3.56. The maximum atomic E-state index is 13.2. The number of ether oxygens (including phenoxy) is 2. The van der Waals surface area contributed by atoms with Crippen LogP contribution < -0.4 is 20.1 Å². The molecule has 2 aliphatic heterocycles. The molecule has 170 valence electrons. The van der Waals surface area contributed by atoms with E-state index in [-0.39, 0.29) is 18.6 Å². The van der Waals surface area contributed by atoms with Crippen LogP contribution in [0.25, 0.3) is 0 Å². The van der Waals surface area contributed by atoms with Gasteiger partial charge in [-0.25, -0.2) is 0 Å². The zero-order chi connectivity index (χ0) is 23.4. The largest absolute Gasteiger partial charge is 0.489 e. The number of carbonyl (C=O) groups is 2. The Labute approximate surface area is 204 Å². The zero-order valence-electron chi connectivity index (χ0n) is 17.6. The van der Waals surface area contributed by atoms with Crippen molar-refractivity contribution in [3.05, 3.63) is 69.2 Å². The molecule has 0 saturated heterocycles. The normalized spacial score (nSPS) is 19.3. The predicted octanol–water partition coefficient (Wildman–Crippen LogP) is 3.94. The molecule has 0 radical (unpaired) electrons. The van der Waals surface area contributed by atoms with Crippen LogP contribution in [-0.2, 0) is 11.2 Å². The second-order valence-electron chi connectivity index (χ2n) is 7.91. The number of nitrogens with one attached hydrogen (secondary N) is 2. The fraction of sp³-hybridized carbons (Fsp3) is 0.292. The summed E-state index contributed by atoms with van der Waals surface area (Å²) in [7, 11) is 0. The van der Waals surface area contributed by atoms with E-state index in [2.05, 4.69) is 32.6 Å². The number of nitriles is 1. The first-order valence-corrected chi connectivity index (χ1v) is 11.6. The van der Waals surface area contributed by atoms with Gasteiger partial charge < -0.3 is 20.1 Å². The molecule has 1 atom stereocenters. The van der Waals surface area contributed by atoms with Gasteiger partial charge in [0.15, 0.2) is 0 Å². The highest BCUT2D eigenvalue weighted by molar-refractivity contribution is 9.10. The van der Waals surface area contributed by atoms with Crippen molar-refractivity contribution in [3.63, 3.8) is 0 Å². The Morgan fingerprint density at radius 2 is 1.85 bits per heavy atom. The Kier molecular flexibility index (Phi) is 6.91. The summed E-state index contributed by atoms with van der Waals surface area (Å²) in [6.07, 6.45) is 4.95. The van der Waals surface area contributed by atoms with Crippen LogP contribution in [0.4, 0.5) is 0 Å². The minimum absolute atomic E-state index is 0.184. The molecule has 2 N–H and O–H groups in total. The highest BCUT2D eigenvalue weighted by Gasteiger charge is 2.45. The minimum Gasteiger partial charge on any atom is -0.489 e. The van der Waals surface area contributed by atoms with Crippen LogP contribution in [0.2, 0.25) is 5.02 Å². The third kappa shape index (κ3) is 5.67. The van der Waals surface area contributed by atoms with Gasteiger partial charge in [-0.05, 0) is 60.9 Å². The number of rotatable bonds is 2. The van der Waals surface area contributed by atoms with Gasteiger partial charge in [0, 0.05) is 10.9 Å². The van der Waals surface area contributed by atoms with Gasteiger partial charge in [0.25, 0.3) is 5.91 Å². The second-order valence-corrected chi connectivity index (χ2v) is 9.23. The summed E-state index contributed by atoms with van der Waals surface area (Å²) >= 11 is 9.75. The summed E-state index contributed by atoms with van der Waals surface area (Å²) in [5.74, 6) is 0.00469. The molecule has 1 aliphatic carbocycles. The third-order valence-electron chi connectivity index (χ3n) is 5.41. The van der Waals surface area contributed by atoms with Crippen LogP contribution in [-0.4, -0.2) is 36.6 Å². The maximum absolute atomic E-state index is 13.2. The van der Waals surface area contributed by atoms with Gasteiger partial charge in [-0.15, -0.1) is 0 Å². The lowest BCUT2D eigenvalue weighted by Crippen LogP contribution is -2.51. The van der Waals surface area contributed by atoms with Gasteiger partial charge in [0.2, 0.25) is 5.91 Å². The molecule has 0 aromatic heterocycles. The summed E-state index contributed by atoms with van der Waals surface area (Å²) in [5, 5.41) is 15.4. The molecular formula is C24H21BrClN3O4. The van der Waals surface area contributed by atoms with Crippen molar-refractivity contribution in [1.82, 2.24) is 10.6 Å². The van der Waals surface area contributed by atoms with Crippen molar-refractivity contribution in [3.8, 4) is 17.6 Å². The van der Waals surface area contributed by atoms with Crippen molar-refractivity contribution in [1.29, 1.82) is 5.26 Å². The molecule has 9 heteroatoms. The van der Waals surface area contributed by atoms with E-state index < -0.39 is 23.4 Å². The third-order valence-corrected chi connectivity index (χ3v) is 6.20. The summed E-state index contributed by atoms with van der Waals surface area (Å²) in [4.78, 5) is 26.3. The van der Waals surface area contributed by atoms with E-state index in [1.807, 2.05) is 0 Å². The Morgan fingerprint density at radius 1 is 1.15 bits per heavy atom. The number of fused-ring (bicyclic) bond motifs is 9. The molecule has 2 bridgehead atoms. The van der Waals surface area contributed by atoms with Crippen molar-refractivity contribution in [2.45, 2.75) is 30.8 Å². The van der Waals surface area contributed by atoms with E-state index in [1.165, 1.54) is 0 Å². The van der Waals surface area contributed by atoms with E-state index in [0.717, 1.165) is 5.56 Å². The standard InChI is InChI=1S/C24H21BrClN3O4/c25-16-4-6-20-17(13-16)22(30)28-19(23(31)29-24(14-27)7-8-24)12-15-3-5-21(18(26)11-15)33-10-2-1-9-32-20/h1-6,11,13,19H,7-10,12H2,(H,28,30)(H,29,31). The van der Waals surface area contributed by atoms with Crippen molar-refractivity contribution in [2.24, 2.45) is 0 Å². The first-order chi connectivity index (χ1) is 15.9.